The molecule has 0 saturated heterocycles. The van der Waals surface area contributed by atoms with E-state index in [9.17, 15) is 9.59 Å². The van der Waals surface area contributed by atoms with Gasteiger partial charge in [-0.25, -0.2) is 0 Å². The Labute approximate surface area is 147 Å². The van der Waals surface area contributed by atoms with Crippen LogP contribution in [-0.2, 0) is 16.0 Å². The highest BCUT2D eigenvalue weighted by molar-refractivity contribution is 6.30. The summed E-state index contributed by atoms with van der Waals surface area (Å²) in [6.07, 6.45) is 0.552. The molecular weight excluding hydrogens is 324 g/mol. The minimum atomic E-state index is -0.261. The average Bonchev–Trinajstić information content (AvgIpc) is 2.58. The molecule has 5 heteroatoms. The van der Waals surface area contributed by atoms with Gasteiger partial charge in [-0.3, -0.25) is 9.59 Å². The molecule has 0 atom stereocenters. The standard InChI is InChI=1S/C19H21ClN2O2/c1-2-22(17-6-4-3-5-7-17)19(24)14-18(23)21-13-12-15-8-10-16(20)11-9-15/h3-11H,2,12-14H2,1H3,(H,21,23). The van der Waals surface area contributed by atoms with E-state index in [0.29, 0.717) is 24.5 Å². The second-order valence-corrected chi connectivity index (χ2v) is 5.81. The molecule has 0 heterocycles. The van der Waals surface area contributed by atoms with Crippen LogP contribution in [0.5, 0.6) is 0 Å². The van der Waals surface area contributed by atoms with Gasteiger partial charge in [0.25, 0.3) is 0 Å². The molecule has 0 aliphatic rings. The van der Waals surface area contributed by atoms with E-state index in [0.717, 1.165) is 11.3 Å². The Bertz CT molecular complexity index is 672. The van der Waals surface area contributed by atoms with Gasteiger partial charge < -0.3 is 10.2 Å². The van der Waals surface area contributed by atoms with Crippen molar-refractivity contribution in [3.63, 3.8) is 0 Å². The predicted molar refractivity (Wildman–Crippen MR) is 97.3 cm³/mol. The Balaban J connectivity index is 1.80. The van der Waals surface area contributed by atoms with Gasteiger partial charge in [-0.15, -0.1) is 0 Å². The Kier molecular flexibility index (Phi) is 6.82. The highest BCUT2D eigenvalue weighted by Crippen LogP contribution is 2.14. The van der Waals surface area contributed by atoms with Gasteiger partial charge in [-0.1, -0.05) is 41.9 Å². The quantitative estimate of drug-likeness (QED) is 0.782. The molecule has 2 amide bonds. The van der Waals surface area contributed by atoms with Crippen molar-refractivity contribution in [3.8, 4) is 0 Å². The molecule has 0 aromatic heterocycles. The first-order valence-electron chi connectivity index (χ1n) is 7.96. The molecule has 2 rings (SSSR count). The molecule has 4 nitrogen and oxygen atoms in total. The third-order valence-corrected chi connectivity index (χ3v) is 3.90. The number of rotatable bonds is 7. The largest absolute Gasteiger partial charge is 0.355 e. The maximum Gasteiger partial charge on any atom is 0.236 e. The van der Waals surface area contributed by atoms with Crippen LogP contribution in [0.25, 0.3) is 0 Å². The Hall–Kier alpha value is -2.33. The third-order valence-electron chi connectivity index (χ3n) is 3.65. The molecule has 0 saturated carbocycles. The lowest BCUT2D eigenvalue weighted by Gasteiger charge is -2.20. The summed E-state index contributed by atoms with van der Waals surface area (Å²) in [7, 11) is 0. The molecule has 126 valence electrons. The maximum absolute atomic E-state index is 12.3. The van der Waals surface area contributed by atoms with Crippen LogP contribution in [0, 0.1) is 0 Å². The Morgan fingerprint density at radius 3 is 2.33 bits per heavy atom. The van der Waals surface area contributed by atoms with Crippen molar-refractivity contribution in [1.29, 1.82) is 0 Å². The molecule has 0 unspecified atom stereocenters. The van der Waals surface area contributed by atoms with E-state index in [-0.39, 0.29) is 18.2 Å². The first-order valence-corrected chi connectivity index (χ1v) is 8.34. The zero-order valence-electron chi connectivity index (χ0n) is 13.7. The van der Waals surface area contributed by atoms with Gasteiger partial charge in [-0.2, -0.15) is 0 Å². The zero-order valence-corrected chi connectivity index (χ0v) is 14.4. The van der Waals surface area contributed by atoms with E-state index in [4.69, 9.17) is 11.6 Å². The van der Waals surface area contributed by atoms with Gasteiger partial charge in [-0.05, 0) is 43.2 Å². The SMILES string of the molecule is CCN(C(=O)CC(=O)NCCc1ccc(Cl)cc1)c1ccccc1. The predicted octanol–water partition coefficient (Wildman–Crippen LogP) is 3.44. The second kappa shape index (κ2) is 9.08. The van der Waals surface area contributed by atoms with Crippen LogP contribution in [0.15, 0.2) is 54.6 Å². The molecule has 2 aromatic rings. The molecule has 0 fully saturated rings. The minimum absolute atomic E-state index is 0.149. The van der Waals surface area contributed by atoms with Crippen LogP contribution >= 0.6 is 11.6 Å². The van der Waals surface area contributed by atoms with Gasteiger partial charge in [0.2, 0.25) is 11.8 Å². The topological polar surface area (TPSA) is 49.4 Å². The van der Waals surface area contributed by atoms with Crippen LogP contribution in [0.3, 0.4) is 0 Å². The molecule has 1 N–H and O–H groups in total. The first kappa shape index (κ1) is 18.0. The second-order valence-electron chi connectivity index (χ2n) is 5.38. The van der Waals surface area contributed by atoms with Crippen molar-refractivity contribution in [2.24, 2.45) is 0 Å². The lowest BCUT2D eigenvalue weighted by molar-refractivity contribution is -0.127. The summed E-state index contributed by atoms with van der Waals surface area (Å²) < 4.78 is 0. The zero-order chi connectivity index (χ0) is 17.4. The smallest absolute Gasteiger partial charge is 0.236 e. The Morgan fingerprint density at radius 1 is 1.04 bits per heavy atom. The van der Waals surface area contributed by atoms with E-state index in [1.807, 2.05) is 61.5 Å². The van der Waals surface area contributed by atoms with Crippen LogP contribution in [0.4, 0.5) is 5.69 Å². The number of nitrogens with zero attached hydrogens (tertiary/aromatic N) is 1. The number of nitrogens with one attached hydrogen (secondary N) is 1. The molecule has 24 heavy (non-hydrogen) atoms. The normalized spacial score (nSPS) is 10.2. The number of carbonyl (C=O) groups is 2. The number of amides is 2. The van der Waals surface area contributed by atoms with Crippen molar-refractivity contribution in [3.05, 3.63) is 65.2 Å². The molecule has 0 bridgehead atoms. The van der Waals surface area contributed by atoms with E-state index in [2.05, 4.69) is 5.32 Å². The third kappa shape index (κ3) is 5.39. The number of halogens is 1. The summed E-state index contributed by atoms with van der Waals surface area (Å²) in [4.78, 5) is 25.9. The summed E-state index contributed by atoms with van der Waals surface area (Å²) in [6, 6.07) is 16.9. The minimum Gasteiger partial charge on any atom is -0.355 e. The summed E-state index contributed by atoms with van der Waals surface area (Å²) in [6.45, 7) is 2.91. The fraction of sp³-hybridized carbons (Fsp3) is 0.263. The molecule has 0 aliphatic carbocycles. The fourth-order valence-corrected chi connectivity index (χ4v) is 2.53. The van der Waals surface area contributed by atoms with Crippen molar-refractivity contribution in [2.75, 3.05) is 18.0 Å². The summed E-state index contributed by atoms with van der Waals surface area (Å²) in [5, 5.41) is 3.48. The average molecular weight is 345 g/mol. The fourth-order valence-electron chi connectivity index (χ4n) is 2.40. The number of benzene rings is 2. The number of para-hydroxylation sites is 1. The van der Waals surface area contributed by atoms with Crippen molar-refractivity contribution < 1.29 is 9.59 Å². The van der Waals surface area contributed by atoms with Crippen LogP contribution in [0.1, 0.15) is 18.9 Å². The highest BCUT2D eigenvalue weighted by atomic mass is 35.5. The monoisotopic (exact) mass is 344 g/mol. The van der Waals surface area contributed by atoms with Gasteiger partial charge >= 0.3 is 0 Å². The van der Waals surface area contributed by atoms with Crippen LogP contribution < -0.4 is 10.2 Å². The lowest BCUT2D eigenvalue weighted by atomic mass is 10.1. The van der Waals surface area contributed by atoms with Gasteiger partial charge in [0.05, 0.1) is 0 Å². The summed E-state index contributed by atoms with van der Waals surface area (Å²) in [5.41, 5.74) is 1.89. The number of hydrogen-bond donors (Lipinski definition) is 1. The van der Waals surface area contributed by atoms with Crippen molar-refractivity contribution in [2.45, 2.75) is 19.8 Å². The van der Waals surface area contributed by atoms with Crippen LogP contribution in [0.2, 0.25) is 5.02 Å². The van der Waals surface area contributed by atoms with Crippen molar-refractivity contribution in [1.82, 2.24) is 5.32 Å². The molecule has 0 radical (unpaired) electrons. The van der Waals surface area contributed by atoms with Gasteiger partial charge in [0, 0.05) is 23.8 Å². The van der Waals surface area contributed by atoms with Gasteiger partial charge in [0.1, 0.15) is 6.42 Å². The lowest BCUT2D eigenvalue weighted by Crippen LogP contribution is -2.36. The number of carbonyl (C=O) groups excluding carboxylic acids is 2. The first-order chi connectivity index (χ1) is 11.6. The van der Waals surface area contributed by atoms with Crippen LogP contribution in [-0.4, -0.2) is 24.9 Å². The highest BCUT2D eigenvalue weighted by Gasteiger charge is 2.17. The molecule has 0 aliphatic heterocycles. The summed E-state index contributed by atoms with van der Waals surface area (Å²) >= 11 is 5.84. The number of anilines is 1. The number of hydrogen-bond acceptors (Lipinski definition) is 2. The van der Waals surface area contributed by atoms with Crippen molar-refractivity contribution >= 4 is 29.1 Å². The van der Waals surface area contributed by atoms with Gasteiger partial charge in [0.15, 0.2) is 0 Å². The van der Waals surface area contributed by atoms with E-state index in [1.165, 1.54) is 0 Å². The molecular formula is C19H21ClN2O2. The van der Waals surface area contributed by atoms with E-state index in [1.54, 1.807) is 4.90 Å². The Morgan fingerprint density at radius 2 is 1.71 bits per heavy atom. The van der Waals surface area contributed by atoms with E-state index < -0.39 is 0 Å². The molecule has 2 aromatic carbocycles. The van der Waals surface area contributed by atoms with E-state index >= 15 is 0 Å². The molecule has 0 spiro atoms. The summed E-state index contributed by atoms with van der Waals surface area (Å²) in [5.74, 6) is -0.462. The maximum atomic E-state index is 12.3.